The first-order valence-corrected chi connectivity index (χ1v) is 7.95. The molecule has 0 aliphatic carbocycles. The molecule has 1 heterocycles. The lowest BCUT2D eigenvalue weighted by molar-refractivity contribution is -0.132. The summed E-state index contributed by atoms with van der Waals surface area (Å²) in [4.78, 5) is 27.7. The summed E-state index contributed by atoms with van der Waals surface area (Å²) in [6.45, 7) is 0. The van der Waals surface area contributed by atoms with Gasteiger partial charge in [-0.3, -0.25) is 9.78 Å². The molecule has 128 valence electrons. The molecule has 26 heavy (non-hydrogen) atoms. The number of carboxylic acids is 1. The van der Waals surface area contributed by atoms with Gasteiger partial charge in [0.2, 0.25) is 0 Å². The van der Waals surface area contributed by atoms with Crippen LogP contribution in [0.1, 0.15) is 15.9 Å². The number of carboxylic acid groups (broad SMARTS) is 1. The van der Waals surface area contributed by atoms with Gasteiger partial charge in [-0.25, -0.2) is 4.79 Å². The lowest BCUT2D eigenvalue weighted by Crippen LogP contribution is -2.27. The topological polar surface area (TPSA) is 79.3 Å². The molecule has 0 atom stereocenters. The van der Waals surface area contributed by atoms with Crippen molar-refractivity contribution in [3.05, 3.63) is 95.9 Å². The minimum Gasteiger partial charge on any atom is -0.477 e. The van der Waals surface area contributed by atoms with E-state index in [9.17, 15) is 14.7 Å². The Hall–Kier alpha value is -3.73. The Balaban J connectivity index is 1.88. The molecule has 3 aromatic rings. The first-order chi connectivity index (χ1) is 12.6. The van der Waals surface area contributed by atoms with Gasteiger partial charge in [-0.05, 0) is 53.1 Å². The van der Waals surface area contributed by atoms with Gasteiger partial charge in [0, 0.05) is 18.0 Å². The Bertz CT molecular complexity index is 951. The van der Waals surface area contributed by atoms with Crippen molar-refractivity contribution < 1.29 is 14.7 Å². The molecule has 0 saturated heterocycles. The number of nitrogens with one attached hydrogen (secondary N) is 1. The van der Waals surface area contributed by atoms with Crippen molar-refractivity contribution in [3.8, 4) is 11.1 Å². The molecule has 0 aliphatic rings. The number of hydrogen-bond donors (Lipinski definition) is 2. The fraction of sp³-hybridized carbons (Fsp3) is 0. The molecule has 5 heteroatoms. The number of hydrogen-bond acceptors (Lipinski definition) is 3. The Labute approximate surface area is 150 Å². The zero-order valence-electron chi connectivity index (χ0n) is 13.8. The van der Waals surface area contributed by atoms with E-state index in [-0.39, 0.29) is 5.70 Å². The first-order valence-electron chi connectivity index (χ1n) is 7.95. The molecule has 0 aliphatic heterocycles. The minimum absolute atomic E-state index is 0.189. The van der Waals surface area contributed by atoms with Crippen LogP contribution >= 0.6 is 0 Å². The fourth-order valence-electron chi connectivity index (χ4n) is 2.45. The number of carbonyl (C=O) groups is 2. The number of benzene rings is 2. The van der Waals surface area contributed by atoms with Crippen LogP contribution in [0, 0.1) is 0 Å². The number of aliphatic carboxylic acids is 1. The Kier molecular flexibility index (Phi) is 5.19. The van der Waals surface area contributed by atoms with Gasteiger partial charge in [-0.15, -0.1) is 0 Å². The highest BCUT2D eigenvalue weighted by atomic mass is 16.4. The van der Waals surface area contributed by atoms with Crippen LogP contribution in [0.15, 0.2) is 84.8 Å². The van der Waals surface area contributed by atoms with E-state index in [1.54, 1.807) is 48.8 Å². The molecular weight excluding hydrogens is 328 g/mol. The molecule has 5 nitrogen and oxygen atoms in total. The van der Waals surface area contributed by atoms with Crippen molar-refractivity contribution in [1.29, 1.82) is 0 Å². The molecule has 0 bridgehead atoms. The number of aromatic nitrogens is 1. The summed E-state index contributed by atoms with van der Waals surface area (Å²) >= 11 is 0. The first kappa shape index (κ1) is 17.1. The molecule has 0 saturated carbocycles. The lowest BCUT2D eigenvalue weighted by Gasteiger charge is -2.07. The maximum absolute atomic E-state index is 12.2. The predicted octanol–water partition coefficient (Wildman–Crippen LogP) is 3.60. The van der Waals surface area contributed by atoms with E-state index in [0.717, 1.165) is 11.1 Å². The summed E-state index contributed by atoms with van der Waals surface area (Å²) in [6.07, 6.45) is 4.83. The van der Waals surface area contributed by atoms with E-state index in [1.807, 2.05) is 30.3 Å². The quantitative estimate of drug-likeness (QED) is 0.693. The summed E-state index contributed by atoms with van der Waals surface area (Å²) in [5.41, 5.74) is 2.78. The number of rotatable bonds is 5. The molecule has 0 unspecified atom stereocenters. The van der Waals surface area contributed by atoms with Crippen LogP contribution < -0.4 is 5.32 Å². The molecule has 1 aromatic heterocycles. The standard InChI is InChI=1S/C21H16N2O3/c24-20(17-6-2-1-3-7-17)23-19(21(25)26)14-15-5-4-8-18(13-15)16-9-11-22-12-10-16/h1-14H,(H,23,24)(H,25,26). The predicted molar refractivity (Wildman–Crippen MR) is 99.2 cm³/mol. The maximum atomic E-state index is 12.2. The van der Waals surface area contributed by atoms with Gasteiger partial charge in [0.05, 0.1) is 0 Å². The van der Waals surface area contributed by atoms with E-state index < -0.39 is 11.9 Å². The Morgan fingerprint density at radius 2 is 1.62 bits per heavy atom. The normalized spacial score (nSPS) is 11.0. The third-order valence-electron chi connectivity index (χ3n) is 3.73. The van der Waals surface area contributed by atoms with Crippen LogP contribution in [0.2, 0.25) is 0 Å². The lowest BCUT2D eigenvalue weighted by atomic mass is 10.0. The summed E-state index contributed by atoms with van der Waals surface area (Å²) in [6, 6.07) is 19.6. The molecule has 2 N–H and O–H groups in total. The Morgan fingerprint density at radius 1 is 0.885 bits per heavy atom. The number of amides is 1. The monoisotopic (exact) mass is 344 g/mol. The van der Waals surface area contributed by atoms with Crippen LogP contribution in [0.4, 0.5) is 0 Å². The molecular formula is C21H16N2O3. The van der Waals surface area contributed by atoms with E-state index in [2.05, 4.69) is 10.3 Å². The molecule has 0 radical (unpaired) electrons. The highest BCUT2D eigenvalue weighted by molar-refractivity contribution is 6.02. The van der Waals surface area contributed by atoms with Crippen molar-refractivity contribution in [2.75, 3.05) is 0 Å². The summed E-state index contributed by atoms with van der Waals surface area (Å²) < 4.78 is 0. The van der Waals surface area contributed by atoms with Crippen molar-refractivity contribution in [2.24, 2.45) is 0 Å². The van der Waals surface area contributed by atoms with Crippen LogP contribution in [-0.4, -0.2) is 22.0 Å². The van der Waals surface area contributed by atoms with Gasteiger partial charge in [-0.1, -0.05) is 36.4 Å². The fourth-order valence-corrected chi connectivity index (χ4v) is 2.45. The van der Waals surface area contributed by atoms with Crippen LogP contribution in [-0.2, 0) is 4.79 Å². The molecule has 0 fully saturated rings. The second-order valence-electron chi connectivity index (χ2n) is 5.54. The highest BCUT2D eigenvalue weighted by Crippen LogP contribution is 2.20. The third-order valence-corrected chi connectivity index (χ3v) is 3.73. The molecule has 2 aromatic carbocycles. The number of pyridine rings is 1. The van der Waals surface area contributed by atoms with Gasteiger partial charge < -0.3 is 10.4 Å². The average Bonchev–Trinajstić information content (AvgIpc) is 2.69. The smallest absolute Gasteiger partial charge is 0.352 e. The molecule has 1 amide bonds. The van der Waals surface area contributed by atoms with Gasteiger partial charge in [0.25, 0.3) is 5.91 Å². The largest absolute Gasteiger partial charge is 0.477 e. The highest BCUT2D eigenvalue weighted by Gasteiger charge is 2.13. The van der Waals surface area contributed by atoms with Gasteiger partial charge in [0.1, 0.15) is 5.70 Å². The average molecular weight is 344 g/mol. The maximum Gasteiger partial charge on any atom is 0.352 e. The summed E-state index contributed by atoms with van der Waals surface area (Å²) in [5.74, 6) is -1.67. The Morgan fingerprint density at radius 3 is 2.31 bits per heavy atom. The van der Waals surface area contributed by atoms with E-state index in [1.165, 1.54) is 6.08 Å². The molecule has 0 spiro atoms. The zero-order chi connectivity index (χ0) is 18.4. The number of carbonyl (C=O) groups excluding carboxylic acids is 1. The van der Waals surface area contributed by atoms with E-state index >= 15 is 0 Å². The SMILES string of the molecule is O=C(O)C(=Cc1cccc(-c2ccncc2)c1)NC(=O)c1ccccc1. The van der Waals surface area contributed by atoms with Crippen LogP contribution in [0.5, 0.6) is 0 Å². The van der Waals surface area contributed by atoms with Crippen molar-refractivity contribution in [1.82, 2.24) is 10.3 Å². The van der Waals surface area contributed by atoms with Crippen LogP contribution in [0.25, 0.3) is 17.2 Å². The summed E-state index contributed by atoms with van der Waals surface area (Å²) in [5, 5.41) is 11.9. The van der Waals surface area contributed by atoms with Crippen molar-refractivity contribution in [3.63, 3.8) is 0 Å². The van der Waals surface area contributed by atoms with Crippen molar-refractivity contribution in [2.45, 2.75) is 0 Å². The van der Waals surface area contributed by atoms with Gasteiger partial charge in [-0.2, -0.15) is 0 Å². The van der Waals surface area contributed by atoms with Crippen molar-refractivity contribution >= 4 is 18.0 Å². The second-order valence-corrected chi connectivity index (χ2v) is 5.54. The third kappa shape index (κ3) is 4.21. The van der Waals surface area contributed by atoms with E-state index in [0.29, 0.717) is 11.1 Å². The zero-order valence-corrected chi connectivity index (χ0v) is 13.8. The van der Waals surface area contributed by atoms with Gasteiger partial charge >= 0.3 is 5.97 Å². The second kappa shape index (κ2) is 7.90. The minimum atomic E-state index is -1.21. The molecule has 3 rings (SSSR count). The number of nitrogens with zero attached hydrogens (tertiary/aromatic N) is 1. The van der Waals surface area contributed by atoms with E-state index in [4.69, 9.17) is 0 Å². The summed E-state index contributed by atoms with van der Waals surface area (Å²) in [7, 11) is 0. The van der Waals surface area contributed by atoms with Gasteiger partial charge in [0.15, 0.2) is 0 Å². The van der Waals surface area contributed by atoms with Crippen LogP contribution in [0.3, 0.4) is 0 Å².